The molecule has 1 amide bonds. The van der Waals surface area contributed by atoms with E-state index in [4.69, 9.17) is 4.74 Å². The lowest BCUT2D eigenvalue weighted by Gasteiger charge is -2.32. The highest BCUT2D eigenvalue weighted by Crippen LogP contribution is 2.23. The lowest BCUT2D eigenvalue weighted by Crippen LogP contribution is -2.39. The van der Waals surface area contributed by atoms with Crippen LogP contribution in [0.5, 0.6) is 0 Å². The molecule has 0 spiro atoms. The van der Waals surface area contributed by atoms with Gasteiger partial charge in [-0.25, -0.2) is 0 Å². The monoisotopic (exact) mass is 358 g/mol. The van der Waals surface area contributed by atoms with Crippen LogP contribution in [0.15, 0.2) is 24.3 Å². The van der Waals surface area contributed by atoms with E-state index in [-0.39, 0.29) is 0 Å². The minimum absolute atomic E-state index is 0.339. The number of benzene rings is 1. The second-order valence-electron chi connectivity index (χ2n) is 8.33. The van der Waals surface area contributed by atoms with Gasteiger partial charge in [0.05, 0.1) is 13.2 Å². The molecule has 0 aliphatic carbocycles. The number of hydrogen-bond acceptors (Lipinski definition) is 3. The lowest BCUT2D eigenvalue weighted by atomic mass is 9.89. The molecule has 26 heavy (non-hydrogen) atoms. The minimum Gasteiger partial charge on any atom is -0.379 e. The number of likely N-dealkylation sites (tertiary alicyclic amines) is 1. The fourth-order valence-electron chi connectivity index (χ4n) is 4.00. The molecule has 2 aliphatic heterocycles. The highest BCUT2D eigenvalue weighted by Gasteiger charge is 2.23. The number of piperidine rings is 1. The summed E-state index contributed by atoms with van der Waals surface area (Å²) >= 11 is 0. The summed E-state index contributed by atoms with van der Waals surface area (Å²) in [6, 6.07) is 9.16. The maximum Gasteiger partial charge on any atom is 0.222 e. The van der Waals surface area contributed by atoms with Gasteiger partial charge in [0, 0.05) is 39.1 Å². The van der Waals surface area contributed by atoms with Gasteiger partial charge in [-0.1, -0.05) is 38.1 Å². The Bertz CT molecular complexity index is 556. The number of morpholine rings is 1. The SMILES string of the molecule is CC(C)CC(=O)N1CCC(Cc2ccc(CN3CCOCC3)cc2)CC1. The van der Waals surface area contributed by atoms with Crippen molar-refractivity contribution in [1.82, 2.24) is 9.80 Å². The Labute approximate surface area is 158 Å². The number of carbonyl (C=O) groups excluding carboxylic acids is 1. The van der Waals surface area contributed by atoms with Crippen LogP contribution in [0, 0.1) is 11.8 Å². The Morgan fingerprint density at radius 3 is 2.27 bits per heavy atom. The molecule has 4 heteroatoms. The average Bonchev–Trinajstić information content (AvgIpc) is 2.64. The Kier molecular flexibility index (Phi) is 7.09. The molecule has 0 bridgehead atoms. The summed E-state index contributed by atoms with van der Waals surface area (Å²) in [6.07, 6.45) is 4.11. The van der Waals surface area contributed by atoms with Gasteiger partial charge in [0.1, 0.15) is 0 Å². The van der Waals surface area contributed by atoms with Crippen molar-refractivity contribution in [2.45, 2.75) is 46.1 Å². The second kappa shape index (κ2) is 9.52. The summed E-state index contributed by atoms with van der Waals surface area (Å²) < 4.78 is 5.42. The number of ether oxygens (including phenoxy) is 1. The molecular formula is C22H34N2O2. The average molecular weight is 359 g/mol. The first-order valence-electron chi connectivity index (χ1n) is 10.3. The van der Waals surface area contributed by atoms with Gasteiger partial charge in [0.2, 0.25) is 5.91 Å². The zero-order valence-corrected chi connectivity index (χ0v) is 16.5. The largest absolute Gasteiger partial charge is 0.379 e. The molecule has 2 aliphatic rings. The lowest BCUT2D eigenvalue weighted by molar-refractivity contribution is -0.133. The molecule has 0 atom stereocenters. The van der Waals surface area contributed by atoms with Gasteiger partial charge >= 0.3 is 0 Å². The van der Waals surface area contributed by atoms with Crippen molar-refractivity contribution in [3.8, 4) is 0 Å². The molecule has 4 nitrogen and oxygen atoms in total. The first kappa shape index (κ1) is 19.4. The third-order valence-corrected chi connectivity index (χ3v) is 5.61. The van der Waals surface area contributed by atoms with Crippen molar-refractivity contribution in [2.75, 3.05) is 39.4 Å². The van der Waals surface area contributed by atoms with E-state index < -0.39 is 0 Å². The zero-order chi connectivity index (χ0) is 18.4. The van der Waals surface area contributed by atoms with Gasteiger partial charge < -0.3 is 9.64 Å². The minimum atomic E-state index is 0.339. The summed E-state index contributed by atoms with van der Waals surface area (Å²) in [7, 11) is 0. The van der Waals surface area contributed by atoms with Crippen molar-refractivity contribution in [3.63, 3.8) is 0 Å². The van der Waals surface area contributed by atoms with Crippen molar-refractivity contribution in [2.24, 2.45) is 11.8 Å². The molecule has 0 aromatic heterocycles. The van der Waals surface area contributed by atoms with Crippen LogP contribution < -0.4 is 0 Å². The number of hydrogen-bond donors (Lipinski definition) is 0. The van der Waals surface area contributed by atoms with Crippen LogP contribution in [0.25, 0.3) is 0 Å². The van der Waals surface area contributed by atoms with Crippen molar-refractivity contribution in [1.29, 1.82) is 0 Å². The van der Waals surface area contributed by atoms with E-state index in [0.717, 1.165) is 65.2 Å². The Morgan fingerprint density at radius 1 is 1.04 bits per heavy atom. The van der Waals surface area contributed by atoms with E-state index in [1.54, 1.807) is 0 Å². The van der Waals surface area contributed by atoms with E-state index in [9.17, 15) is 4.79 Å². The normalized spacial score (nSPS) is 19.9. The predicted octanol–water partition coefficient (Wildman–Crippen LogP) is 3.35. The van der Waals surface area contributed by atoms with Gasteiger partial charge in [0.25, 0.3) is 0 Å². The Morgan fingerprint density at radius 2 is 1.65 bits per heavy atom. The van der Waals surface area contributed by atoms with Crippen LogP contribution in [0.4, 0.5) is 0 Å². The predicted molar refractivity (Wildman–Crippen MR) is 105 cm³/mol. The van der Waals surface area contributed by atoms with Gasteiger partial charge in [0.15, 0.2) is 0 Å². The summed E-state index contributed by atoms with van der Waals surface area (Å²) in [5.41, 5.74) is 2.83. The fourth-order valence-corrected chi connectivity index (χ4v) is 4.00. The summed E-state index contributed by atoms with van der Waals surface area (Å²) in [5.74, 6) is 1.50. The molecule has 2 fully saturated rings. The number of rotatable bonds is 6. The van der Waals surface area contributed by atoms with E-state index >= 15 is 0 Å². The molecule has 144 valence electrons. The molecule has 0 radical (unpaired) electrons. The molecule has 0 unspecified atom stereocenters. The van der Waals surface area contributed by atoms with Crippen LogP contribution in [0.1, 0.15) is 44.2 Å². The molecule has 2 heterocycles. The van der Waals surface area contributed by atoms with Crippen molar-refractivity contribution < 1.29 is 9.53 Å². The van der Waals surface area contributed by atoms with E-state index in [1.807, 2.05) is 0 Å². The van der Waals surface area contributed by atoms with E-state index in [1.165, 1.54) is 11.1 Å². The standard InChI is InChI=1S/C22H34N2O2/c1-18(2)15-22(25)24-9-7-20(8-10-24)16-19-3-5-21(6-4-19)17-23-11-13-26-14-12-23/h3-6,18,20H,7-17H2,1-2H3. The van der Waals surface area contributed by atoms with Crippen LogP contribution in [0.2, 0.25) is 0 Å². The van der Waals surface area contributed by atoms with Crippen LogP contribution >= 0.6 is 0 Å². The Hall–Kier alpha value is -1.39. The van der Waals surface area contributed by atoms with E-state index in [2.05, 4.69) is 47.9 Å². The maximum absolute atomic E-state index is 12.2. The zero-order valence-electron chi connectivity index (χ0n) is 16.5. The smallest absolute Gasteiger partial charge is 0.222 e. The van der Waals surface area contributed by atoms with Gasteiger partial charge in [-0.15, -0.1) is 0 Å². The van der Waals surface area contributed by atoms with Crippen LogP contribution in [-0.2, 0) is 22.5 Å². The highest BCUT2D eigenvalue weighted by molar-refractivity contribution is 5.76. The highest BCUT2D eigenvalue weighted by atomic mass is 16.5. The van der Waals surface area contributed by atoms with Gasteiger partial charge in [-0.05, 0) is 42.2 Å². The van der Waals surface area contributed by atoms with Gasteiger partial charge in [-0.2, -0.15) is 0 Å². The topological polar surface area (TPSA) is 32.8 Å². The van der Waals surface area contributed by atoms with Crippen LogP contribution in [0.3, 0.4) is 0 Å². The molecule has 1 aromatic carbocycles. The quantitative estimate of drug-likeness (QED) is 0.782. The van der Waals surface area contributed by atoms with Crippen molar-refractivity contribution in [3.05, 3.63) is 35.4 Å². The molecule has 0 N–H and O–H groups in total. The number of amides is 1. The molecule has 3 rings (SSSR count). The maximum atomic E-state index is 12.2. The third-order valence-electron chi connectivity index (χ3n) is 5.61. The fraction of sp³-hybridized carbons (Fsp3) is 0.682. The van der Waals surface area contributed by atoms with Gasteiger partial charge in [-0.3, -0.25) is 9.69 Å². The summed E-state index contributed by atoms with van der Waals surface area (Å²) in [6.45, 7) is 10.9. The molecule has 0 saturated carbocycles. The number of carbonyl (C=O) groups is 1. The van der Waals surface area contributed by atoms with Crippen molar-refractivity contribution >= 4 is 5.91 Å². The third kappa shape index (κ3) is 5.82. The molecular weight excluding hydrogens is 324 g/mol. The van der Waals surface area contributed by atoms with Crippen LogP contribution in [-0.4, -0.2) is 55.1 Å². The summed E-state index contributed by atoms with van der Waals surface area (Å²) in [5, 5.41) is 0. The first-order chi connectivity index (χ1) is 12.6. The Balaban J connectivity index is 1.42. The number of nitrogens with zero attached hydrogens (tertiary/aromatic N) is 2. The summed E-state index contributed by atoms with van der Waals surface area (Å²) in [4.78, 5) is 16.7. The second-order valence-corrected chi connectivity index (χ2v) is 8.33. The molecule has 1 aromatic rings. The van der Waals surface area contributed by atoms with E-state index in [0.29, 0.717) is 24.2 Å². The first-order valence-corrected chi connectivity index (χ1v) is 10.3. The molecule has 2 saturated heterocycles.